The maximum absolute atomic E-state index is 13.2. The first-order valence-electron chi connectivity index (χ1n) is 13.2. The molecule has 0 atom stereocenters. The van der Waals surface area contributed by atoms with Crippen LogP contribution in [0.2, 0.25) is 0 Å². The van der Waals surface area contributed by atoms with Gasteiger partial charge in [0.05, 0.1) is 4.90 Å². The average molecular weight is 582 g/mol. The van der Waals surface area contributed by atoms with Crippen LogP contribution >= 0.6 is 0 Å². The SMILES string of the molecule is O=C(NCc1ccc(CNS(=O)(=O)c2ccc(-c3ccc(F)cc3)cc2)cc1)c1ccc(CNc2ncccn2)cc1. The molecule has 0 radical (unpaired) electrons. The standard InChI is InChI=1S/C32H28FN5O3S/c33-29-14-10-26(11-15-29)27-12-16-30(17-13-27)42(40,41)38-22-25-4-2-23(3-5-25)20-36-31(39)28-8-6-24(7-9-28)21-37-32-34-18-1-19-35-32/h1-19,38H,20-22H2,(H,36,39)(H,34,35,37). The van der Waals surface area contributed by atoms with E-state index in [4.69, 9.17) is 0 Å². The van der Waals surface area contributed by atoms with Crippen LogP contribution in [-0.4, -0.2) is 24.3 Å². The van der Waals surface area contributed by atoms with Crippen molar-refractivity contribution in [2.24, 2.45) is 0 Å². The van der Waals surface area contributed by atoms with Gasteiger partial charge in [-0.3, -0.25) is 4.79 Å². The van der Waals surface area contributed by atoms with E-state index in [9.17, 15) is 17.6 Å². The number of halogens is 1. The van der Waals surface area contributed by atoms with Gasteiger partial charge in [0.1, 0.15) is 5.82 Å². The third-order valence-corrected chi connectivity index (χ3v) is 7.93. The smallest absolute Gasteiger partial charge is 0.251 e. The van der Waals surface area contributed by atoms with E-state index in [1.54, 1.807) is 54.9 Å². The van der Waals surface area contributed by atoms with Crippen LogP contribution in [0.4, 0.5) is 10.3 Å². The largest absolute Gasteiger partial charge is 0.350 e. The predicted molar refractivity (Wildman–Crippen MR) is 159 cm³/mol. The maximum Gasteiger partial charge on any atom is 0.251 e. The van der Waals surface area contributed by atoms with Crippen molar-refractivity contribution >= 4 is 21.9 Å². The van der Waals surface area contributed by atoms with Crippen LogP contribution < -0.4 is 15.4 Å². The number of aromatic nitrogens is 2. The van der Waals surface area contributed by atoms with Gasteiger partial charge in [-0.05, 0) is 70.3 Å². The lowest BCUT2D eigenvalue weighted by molar-refractivity contribution is 0.0951. The van der Waals surface area contributed by atoms with Gasteiger partial charge in [-0.25, -0.2) is 27.5 Å². The monoisotopic (exact) mass is 581 g/mol. The molecule has 0 saturated carbocycles. The van der Waals surface area contributed by atoms with Crippen molar-refractivity contribution in [1.29, 1.82) is 0 Å². The minimum atomic E-state index is -3.72. The zero-order valence-electron chi connectivity index (χ0n) is 22.5. The van der Waals surface area contributed by atoms with Crippen molar-refractivity contribution in [2.45, 2.75) is 24.5 Å². The van der Waals surface area contributed by atoms with E-state index in [-0.39, 0.29) is 23.2 Å². The van der Waals surface area contributed by atoms with Crippen LogP contribution in [0.5, 0.6) is 0 Å². The number of nitrogens with zero attached hydrogens (tertiary/aromatic N) is 2. The molecule has 5 rings (SSSR count). The van der Waals surface area contributed by atoms with Crippen molar-refractivity contribution in [1.82, 2.24) is 20.0 Å². The molecule has 0 fully saturated rings. The van der Waals surface area contributed by atoms with E-state index in [1.165, 1.54) is 24.3 Å². The van der Waals surface area contributed by atoms with E-state index >= 15 is 0 Å². The first kappa shape index (κ1) is 28.6. The molecular weight excluding hydrogens is 553 g/mol. The average Bonchev–Trinajstić information content (AvgIpc) is 3.03. The fraction of sp³-hybridized carbons (Fsp3) is 0.0938. The minimum absolute atomic E-state index is 0.117. The van der Waals surface area contributed by atoms with Crippen molar-refractivity contribution in [2.75, 3.05) is 5.32 Å². The van der Waals surface area contributed by atoms with Gasteiger partial charge >= 0.3 is 0 Å². The third-order valence-electron chi connectivity index (χ3n) is 6.52. The molecule has 0 aliphatic heterocycles. The van der Waals surface area contributed by atoms with Gasteiger partial charge in [-0.15, -0.1) is 0 Å². The Morgan fingerprint density at radius 2 is 1.19 bits per heavy atom. The zero-order chi connectivity index (χ0) is 29.4. The summed E-state index contributed by atoms with van der Waals surface area (Å²) in [5.41, 5.74) is 4.79. The van der Waals surface area contributed by atoms with E-state index in [0.717, 1.165) is 27.8 Å². The summed E-state index contributed by atoms with van der Waals surface area (Å²) in [4.78, 5) is 21.0. The minimum Gasteiger partial charge on any atom is -0.350 e. The molecule has 10 heteroatoms. The molecular formula is C32H28FN5O3S. The summed E-state index contributed by atoms with van der Waals surface area (Å²) in [5.74, 6) is 0.0196. The predicted octanol–water partition coefficient (Wildman–Crippen LogP) is 5.30. The van der Waals surface area contributed by atoms with E-state index in [1.807, 2.05) is 36.4 Å². The van der Waals surface area contributed by atoms with Crippen LogP contribution in [0.1, 0.15) is 27.0 Å². The van der Waals surface area contributed by atoms with Gasteiger partial charge in [0, 0.05) is 37.6 Å². The van der Waals surface area contributed by atoms with Gasteiger partial charge < -0.3 is 10.6 Å². The molecule has 4 aromatic carbocycles. The molecule has 5 aromatic rings. The second kappa shape index (κ2) is 13.2. The lowest BCUT2D eigenvalue weighted by Crippen LogP contribution is -2.23. The third kappa shape index (κ3) is 7.62. The van der Waals surface area contributed by atoms with Crippen LogP contribution in [0.25, 0.3) is 11.1 Å². The molecule has 3 N–H and O–H groups in total. The molecule has 0 aliphatic carbocycles. The van der Waals surface area contributed by atoms with Crippen molar-refractivity contribution in [3.05, 3.63) is 144 Å². The Morgan fingerprint density at radius 3 is 1.81 bits per heavy atom. The fourth-order valence-electron chi connectivity index (χ4n) is 4.14. The Kier molecular flexibility index (Phi) is 8.96. The fourth-order valence-corrected chi connectivity index (χ4v) is 5.15. The summed E-state index contributed by atoms with van der Waals surface area (Å²) in [6.45, 7) is 0.990. The van der Waals surface area contributed by atoms with E-state index in [2.05, 4.69) is 25.3 Å². The van der Waals surface area contributed by atoms with Crippen LogP contribution in [0.15, 0.2) is 120 Å². The first-order valence-corrected chi connectivity index (χ1v) is 14.7. The lowest BCUT2D eigenvalue weighted by Gasteiger charge is -2.10. The van der Waals surface area contributed by atoms with Crippen molar-refractivity contribution in [3.8, 4) is 11.1 Å². The number of carbonyl (C=O) groups excluding carboxylic acids is 1. The Hall–Kier alpha value is -4.93. The van der Waals surface area contributed by atoms with Crippen molar-refractivity contribution < 1.29 is 17.6 Å². The van der Waals surface area contributed by atoms with E-state index in [0.29, 0.717) is 24.6 Å². The number of amides is 1. The Bertz CT molecular complexity index is 1730. The number of carbonyl (C=O) groups is 1. The van der Waals surface area contributed by atoms with Crippen LogP contribution in [0, 0.1) is 5.82 Å². The molecule has 0 aliphatic rings. The summed E-state index contributed by atoms with van der Waals surface area (Å²) in [7, 11) is -3.72. The lowest BCUT2D eigenvalue weighted by atomic mass is 10.1. The number of hydrogen-bond donors (Lipinski definition) is 3. The second-order valence-electron chi connectivity index (χ2n) is 9.48. The number of anilines is 1. The topological polar surface area (TPSA) is 113 Å². The Balaban J connectivity index is 1.09. The highest BCUT2D eigenvalue weighted by Crippen LogP contribution is 2.22. The van der Waals surface area contributed by atoms with Crippen LogP contribution in [0.3, 0.4) is 0 Å². The van der Waals surface area contributed by atoms with Gasteiger partial charge in [-0.1, -0.05) is 60.7 Å². The number of rotatable bonds is 11. The number of benzene rings is 4. The maximum atomic E-state index is 13.2. The number of sulfonamides is 1. The molecule has 42 heavy (non-hydrogen) atoms. The highest BCUT2D eigenvalue weighted by atomic mass is 32.2. The molecule has 8 nitrogen and oxygen atoms in total. The normalized spacial score (nSPS) is 11.2. The van der Waals surface area contributed by atoms with Gasteiger partial charge in [0.15, 0.2) is 0 Å². The number of hydrogen-bond acceptors (Lipinski definition) is 6. The molecule has 1 amide bonds. The summed E-state index contributed by atoms with van der Waals surface area (Å²) in [5, 5.41) is 6.03. The highest BCUT2D eigenvalue weighted by Gasteiger charge is 2.14. The molecule has 0 spiro atoms. The summed E-state index contributed by atoms with van der Waals surface area (Å²) in [6, 6.07) is 28.8. The Morgan fingerprint density at radius 1 is 0.667 bits per heavy atom. The molecule has 0 saturated heterocycles. The molecule has 1 heterocycles. The van der Waals surface area contributed by atoms with E-state index < -0.39 is 10.0 Å². The molecule has 212 valence electrons. The molecule has 0 bridgehead atoms. The molecule has 1 aromatic heterocycles. The summed E-state index contributed by atoms with van der Waals surface area (Å²) < 4.78 is 41.3. The first-order chi connectivity index (χ1) is 20.4. The van der Waals surface area contributed by atoms with Gasteiger partial charge in [0.25, 0.3) is 5.91 Å². The zero-order valence-corrected chi connectivity index (χ0v) is 23.3. The highest BCUT2D eigenvalue weighted by molar-refractivity contribution is 7.89. The molecule has 0 unspecified atom stereocenters. The van der Waals surface area contributed by atoms with Gasteiger partial charge in [0.2, 0.25) is 16.0 Å². The van der Waals surface area contributed by atoms with Crippen molar-refractivity contribution in [3.63, 3.8) is 0 Å². The Labute approximate surface area is 243 Å². The second-order valence-corrected chi connectivity index (χ2v) is 11.2. The quantitative estimate of drug-likeness (QED) is 0.195. The summed E-state index contributed by atoms with van der Waals surface area (Å²) >= 11 is 0. The van der Waals surface area contributed by atoms with Crippen LogP contribution in [-0.2, 0) is 29.7 Å². The van der Waals surface area contributed by atoms with Gasteiger partial charge in [-0.2, -0.15) is 0 Å². The summed E-state index contributed by atoms with van der Waals surface area (Å²) in [6.07, 6.45) is 3.33. The number of nitrogens with one attached hydrogen (secondary N) is 3.